The second-order valence-corrected chi connectivity index (χ2v) is 10.3. The number of rotatable bonds is 6. The summed E-state index contributed by atoms with van der Waals surface area (Å²) in [4.78, 5) is 22.5. The van der Waals surface area contributed by atoms with Crippen molar-refractivity contribution in [3.8, 4) is 11.3 Å². The van der Waals surface area contributed by atoms with Gasteiger partial charge in [-0.15, -0.1) is 0 Å². The lowest BCUT2D eigenvalue weighted by Crippen LogP contribution is -2.43. The average molecular weight is 458 g/mol. The molecule has 0 saturated carbocycles. The first-order chi connectivity index (χ1) is 16.4. The average Bonchev–Trinajstić information content (AvgIpc) is 3.42. The molecule has 0 unspecified atom stereocenters. The number of carbonyl (C=O) groups is 1. The maximum absolute atomic E-state index is 12.1. The molecular weight excluding hydrogens is 422 g/mol. The van der Waals surface area contributed by atoms with Gasteiger partial charge in [-0.3, -0.25) is 9.69 Å². The van der Waals surface area contributed by atoms with Crippen LogP contribution in [0.15, 0.2) is 48.9 Å². The molecule has 4 heterocycles. The number of pyridine rings is 1. The highest BCUT2D eigenvalue weighted by Crippen LogP contribution is 2.38. The number of amides is 1. The predicted molar refractivity (Wildman–Crippen MR) is 138 cm³/mol. The molecule has 1 saturated heterocycles. The third-order valence-corrected chi connectivity index (χ3v) is 6.99. The number of imidazole rings is 1. The van der Waals surface area contributed by atoms with Crippen molar-refractivity contribution in [1.82, 2.24) is 24.6 Å². The van der Waals surface area contributed by atoms with Crippen LogP contribution >= 0.6 is 0 Å². The molecule has 0 bridgehead atoms. The highest BCUT2D eigenvalue weighted by atomic mass is 16.2. The van der Waals surface area contributed by atoms with Crippen LogP contribution in [0.5, 0.6) is 0 Å². The standard InChI is InChI=1S/C28H35N5O/c1-18(2)27-23-15-21(20-9-12-32(13-10-20)17-26(34)30-19(3)4)5-7-24(23)31-28(27)22-6-8-25-29-11-14-33(25)16-22/h5-8,11,14-16,18-20,31H,9-10,12-13,17H2,1-4H3,(H,30,34). The van der Waals surface area contributed by atoms with Crippen LogP contribution in [0.2, 0.25) is 0 Å². The Morgan fingerprint density at radius 1 is 1.15 bits per heavy atom. The van der Waals surface area contributed by atoms with Crippen LogP contribution in [0.25, 0.3) is 27.8 Å². The monoisotopic (exact) mass is 457 g/mol. The third-order valence-electron chi connectivity index (χ3n) is 6.99. The Hall–Kier alpha value is -3.12. The molecule has 0 atom stereocenters. The van der Waals surface area contributed by atoms with Crippen molar-refractivity contribution in [2.45, 2.75) is 58.4 Å². The Morgan fingerprint density at radius 3 is 2.68 bits per heavy atom. The van der Waals surface area contributed by atoms with E-state index in [2.05, 4.69) is 75.0 Å². The fourth-order valence-corrected chi connectivity index (χ4v) is 5.37. The summed E-state index contributed by atoms with van der Waals surface area (Å²) < 4.78 is 2.07. The summed E-state index contributed by atoms with van der Waals surface area (Å²) in [5.74, 6) is 1.07. The van der Waals surface area contributed by atoms with E-state index in [0.29, 0.717) is 18.4 Å². The second kappa shape index (κ2) is 9.26. The summed E-state index contributed by atoms with van der Waals surface area (Å²) in [6.45, 7) is 11.0. The zero-order valence-corrected chi connectivity index (χ0v) is 20.6. The number of nitrogens with zero attached hydrogens (tertiary/aromatic N) is 3. The minimum Gasteiger partial charge on any atom is -0.354 e. The molecule has 4 aromatic rings. The van der Waals surface area contributed by atoms with Crippen molar-refractivity contribution in [3.05, 3.63) is 60.0 Å². The zero-order valence-electron chi connectivity index (χ0n) is 20.6. The number of piperidine rings is 1. The molecule has 1 amide bonds. The predicted octanol–water partition coefficient (Wildman–Crippen LogP) is 5.31. The highest BCUT2D eigenvalue weighted by molar-refractivity contribution is 5.92. The lowest BCUT2D eigenvalue weighted by molar-refractivity contribution is -0.123. The zero-order chi connectivity index (χ0) is 23.8. The molecule has 0 aliphatic carbocycles. The Morgan fingerprint density at radius 2 is 1.94 bits per heavy atom. The fraction of sp³-hybridized carbons (Fsp3) is 0.429. The van der Waals surface area contributed by atoms with Crippen molar-refractivity contribution < 1.29 is 4.79 Å². The molecule has 0 spiro atoms. The number of fused-ring (bicyclic) bond motifs is 2. The van der Waals surface area contributed by atoms with E-state index in [1.54, 1.807) is 0 Å². The van der Waals surface area contributed by atoms with Crippen LogP contribution in [0.3, 0.4) is 0 Å². The summed E-state index contributed by atoms with van der Waals surface area (Å²) in [7, 11) is 0. The van der Waals surface area contributed by atoms with Gasteiger partial charge in [-0.2, -0.15) is 0 Å². The van der Waals surface area contributed by atoms with E-state index >= 15 is 0 Å². The maximum atomic E-state index is 12.1. The maximum Gasteiger partial charge on any atom is 0.234 e. The van der Waals surface area contributed by atoms with Crippen LogP contribution in [-0.4, -0.2) is 50.9 Å². The Labute approximate surface area is 201 Å². The third kappa shape index (κ3) is 4.47. The van der Waals surface area contributed by atoms with Crippen LogP contribution in [0.4, 0.5) is 0 Å². The molecule has 178 valence electrons. The Kier molecular flexibility index (Phi) is 6.17. The van der Waals surface area contributed by atoms with Gasteiger partial charge >= 0.3 is 0 Å². The van der Waals surface area contributed by atoms with Gasteiger partial charge < -0.3 is 14.7 Å². The van der Waals surface area contributed by atoms with Crippen molar-refractivity contribution in [3.63, 3.8) is 0 Å². The molecule has 3 aromatic heterocycles. The number of aromatic nitrogens is 3. The number of aromatic amines is 1. The smallest absolute Gasteiger partial charge is 0.234 e. The number of likely N-dealkylation sites (tertiary alicyclic amines) is 1. The molecule has 5 rings (SSSR count). The lowest BCUT2D eigenvalue weighted by atomic mass is 9.87. The minimum absolute atomic E-state index is 0.130. The van der Waals surface area contributed by atoms with Crippen LogP contribution in [0, 0.1) is 0 Å². The molecule has 1 fully saturated rings. The van der Waals surface area contributed by atoms with E-state index in [-0.39, 0.29) is 11.9 Å². The molecule has 0 radical (unpaired) electrons. The van der Waals surface area contributed by atoms with Crippen LogP contribution in [0.1, 0.15) is 63.5 Å². The second-order valence-electron chi connectivity index (χ2n) is 10.3. The molecular formula is C28H35N5O. The number of nitrogens with one attached hydrogen (secondary N) is 2. The topological polar surface area (TPSA) is 65.4 Å². The minimum atomic E-state index is 0.130. The van der Waals surface area contributed by atoms with Crippen molar-refractivity contribution in [1.29, 1.82) is 0 Å². The van der Waals surface area contributed by atoms with Crippen molar-refractivity contribution >= 4 is 22.5 Å². The van der Waals surface area contributed by atoms with Gasteiger partial charge in [0.05, 0.1) is 12.2 Å². The number of benzene rings is 1. The largest absolute Gasteiger partial charge is 0.354 e. The number of hydrogen-bond donors (Lipinski definition) is 2. The first-order valence-corrected chi connectivity index (χ1v) is 12.5. The number of carbonyl (C=O) groups excluding carboxylic acids is 1. The fourth-order valence-electron chi connectivity index (χ4n) is 5.37. The summed E-state index contributed by atoms with van der Waals surface area (Å²) >= 11 is 0. The number of hydrogen-bond acceptors (Lipinski definition) is 3. The lowest BCUT2D eigenvalue weighted by Gasteiger charge is -2.32. The highest BCUT2D eigenvalue weighted by Gasteiger charge is 2.24. The van der Waals surface area contributed by atoms with E-state index < -0.39 is 0 Å². The molecule has 6 nitrogen and oxygen atoms in total. The molecule has 6 heteroatoms. The van der Waals surface area contributed by atoms with E-state index in [1.807, 2.05) is 26.2 Å². The molecule has 34 heavy (non-hydrogen) atoms. The van der Waals surface area contributed by atoms with Crippen LogP contribution in [-0.2, 0) is 4.79 Å². The number of H-pyrrole nitrogens is 1. The first kappa shape index (κ1) is 22.7. The van der Waals surface area contributed by atoms with Gasteiger partial charge in [0.25, 0.3) is 0 Å². The van der Waals surface area contributed by atoms with Gasteiger partial charge in [0, 0.05) is 41.1 Å². The Balaban J connectivity index is 1.39. The Bertz CT molecular complexity index is 1310. The molecule has 1 aliphatic rings. The SMILES string of the molecule is CC(C)NC(=O)CN1CCC(c2ccc3[nH]c(-c4ccc5nccn5c4)c(C(C)C)c3c2)CC1. The van der Waals surface area contributed by atoms with Gasteiger partial charge in [0.2, 0.25) is 5.91 Å². The van der Waals surface area contributed by atoms with Crippen LogP contribution < -0.4 is 5.32 Å². The van der Waals surface area contributed by atoms with E-state index in [0.717, 1.165) is 31.6 Å². The van der Waals surface area contributed by atoms with Gasteiger partial charge in [-0.05, 0) is 87.0 Å². The van der Waals surface area contributed by atoms with Crippen molar-refractivity contribution in [2.24, 2.45) is 0 Å². The van der Waals surface area contributed by atoms with E-state index in [4.69, 9.17) is 0 Å². The summed E-state index contributed by atoms with van der Waals surface area (Å²) in [6, 6.07) is 11.4. The summed E-state index contributed by atoms with van der Waals surface area (Å²) in [5, 5.41) is 4.33. The first-order valence-electron chi connectivity index (χ1n) is 12.5. The summed E-state index contributed by atoms with van der Waals surface area (Å²) in [5.41, 5.74) is 7.32. The van der Waals surface area contributed by atoms with Gasteiger partial charge in [-0.1, -0.05) is 19.9 Å². The normalized spacial score (nSPS) is 15.7. The molecule has 1 aromatic carbocycles. The van der Waals surface area contributed by atoms with E-state index in [1.165, 1.54) is 33.3 Å². The molecule has 1 aliphatic heterocycles. The van der Waals surface area contributed by atoms with Gasteiger partial charge in [0.15, 0.2) is 0 Å². The summed E-state index contributed by atoms with van der Waals surface area (Å²) in [6.07, 6.45) is 8.17. The van der Waals surface area contributed by atoms with E-state index in [9.17, 15) is 4.79 Å². The molecule has 2 N–H and O–H groups in total. The van der Waals surface area contributed by atoms with Crippen molar-refractivity contribution in [2.75, 3.05) is 19.6 Å². The van der Waals surface area contributed by atoms with Gasteiger partial charge in [0.1, 0.15) is 5.65 Å². The van der Waals surface area contributed by atoms with Gasteiger partial charge in [-0.25, -0.2) is 4.98 Å². The quantitative estimate of drug-likeness (QED) is 0.412.